The van der Waals surface area contributed by atoms with Crippen LogP contribution in [0.2, 0.25) is 0 Å². The second-order valence-corrected chi connectivity index (χ2v) is 7.27. The van der Waals surface area contributed by atoms with Crippen LogP contribution in [0.5, 0.6) is 5.75 Å². The number of carbonyl (C=O) groups is 2. The molecule has 6 nitrogen and oxygen atoms in total. The Hall–Kier alpha value is -3.38. The molecule has 30 heavy (non-hydrogen) atoms. The number of amides is 2. The van der Waals surface area contributed by atoms with Crippen LogP contribution in [0.25, 0.3) is 10.8 Å². The minimum Gasteiger partial charge on any atom is -0.484 e. The fourth-order valence-corrected chi connectivity index (χ4v) is 3.46. The predicted octanol–water partition coefficient (Wildman–Crippen LogP) is 3.77. The van der Waals surface area contributed by atoms with Gasteiger partial charge in [0.25, 0.3) is 11.8 Å². The van der Waals surface area contributed by atoms with Crippen molar-refractivity contribution in [1.29, 1.82) is 0 Å². The molecule has 0 aliphatic carbocycles. The molecule has 0 saturated carbocycles. The van der Waals surface area contributed by atoms with Crippen LogP contribution in [0.1, 0.15) is 23.2 Å². The Bertz CT molecular complexity index is 1040. The van der Waals surface area contributed by atoms with E-state index in [9.17, 15) is 9.59 Å². The molecule has 0 bridgehead atoms. The lowest BCUT2D eigenvalue weighted by Gasteiger charge is -2.12. The van der Waals surface area contributed by atoms with Crippen molar-refractivity contribution in [3.63, 3.8) is 0 Å². The molecule has 0 aromatic heterocycles. The molecule has 1 unspecified atom stereocenters. The fraction of sp³-hybridized carbons (Fsp3) is 0.250. The molecule has 0 spiro atoms. The Balaban J connectivity index is 1.30. The molecule has 4 rings (SSSR count). The van der Waals surface area contributed by atoms with Gasteiger partial charge in [0, 0.05) is 24.4 Å². The molecule has 1 fully saturated rings. The standard InChI is InChI=1S/C24H24N2O4/c27-23(16-30-21-11-10-17-5-1-2-6-18(17)14-21)26-20-8-3-7-19(13-20)24(28)25-15-22-9-4-12-29-22/h1-3,5-8,10-11,13-14,22H,4,9,12,15-16H2,(H,25,28)(H,26,27). The van der Waals surface area contributed by atoms with Gasteiger partial charge in [0.2, 0.25) is 0 Å². The van der Waals surface area contributed by atoms with E-state index in [0.29, 0.717) is 23.5 Å². The average Bonchev–Trinajstić information content (AvgIpc) is 3.30. The molecular formula is C24H24N2O4. The van der Waals surface area contributed by atoms with E-state index in [0.717, 1.165) is 30.2 Å². The summed E-state index contributed by atoms with van der Waals surface area (Å²) in [6.07, 6.45) is 2.08. The summed E-state index contributed by atoms with van der Waals surface area (Å²) in [5, 5.41) is 7.82. The molecule has 2 amide bonds. The van der Waals surface area contributed by atoms with Gasteiger partial charge < -0.3 is 20.1 Å². The van der Waals surface area contributed by atoms with E-state index in [-0.39, 0.29) is 24.5 Å². The van der Waals surface area contributed by atoms with Crippen LogP contribution in [0.15, 0.2) is 66.7 Å². The lowest BCUT2D eigenvalue weighted by Crippen LogP contribution is -2.31. The molecule has 6 heteroatoms. The first kappa shape index (κ1) is 19.9. The molecule has 1 saturated heterocycles. The first-order valence-corrected chi connectivity index (χ1v) is 10.1. The van der Waals surface area contributed by atoms with Gasteiger partial charge >= 0.3 is 0 Å². The molecule has 0 radical (unpaired) electrons. The smallest absolute Gasteiger partial charge is 0.262 e. The highest BCUT2D eigenvalue weighted by Gasteiger charge is 2.17. The van der Waals surface area contributed by atoms with Gasteiger partial charge in [-0.25, -0.2) is 0 Å². The fourth-order valence-electron chi connectivity index (χ4n) is 3.46. The number of hydrogen-bond acceptors (Lipinski definition) is 4. The van der Waals surface area contributed by atoms with Crippen molar-refractivity contribution < 1.29 is 19.1 Å². The van der Waals surface area contributed by atoms with Crippen molar-refractivity contribution in [3.05, 3.63) is 72.3 Å². The van der Waals surface area contributed by atoms with E-state index < -0.39 is 0 Å². The molecule has 154 valence electrons. The highest BCUT2D eigenvalue weighted by Crippen LogP contribution is 2.20. The van der Waals surface area contributed by atoms with Crippen molar-refractivity contribution in [2.45, 2.75) is 18.9 Å². The van der Waals surface area contributed by atoms with Crippen molar-refractivity contribution in [2.75, 3.05) is 25.1 Å². The van der Waals surface area contributed by atoms with E-state index in [1.807, 2.05) is 42.5 Å². The second-order valence-electron chi connectivity index (χ2n) is 7.27. The third-order valence-electron chi connectivity index (χ3n) is 5.01. The molecule has 2 N–H and O–H groups in total. The van der Waals surface area contributed by atoms with Crippen LogP contribution >= 0.6 is 0 Å². The number of benzene rings is 3. The summed E-state index contributed by atoms with van der Waals surface area (Å²) in [7, 11) is 0. The average molecular weight is 404 g/mol. The number of carbonyl (C=O) groups excluding carboxylic acids is 2. The van der Waals surface area contributed by atoms with Crippen LogP contribution in [0, 0.1) is 0 Å². The predicted molar refractivity (Wildman–Crippen MR) is 116 cm³/mol. The van der Waals surface area contributed by atoms with Gasteiger partial charge in [-0.2, -0.15) is 0 Å². The first-order valence-electron chi connectivity index (χ1n) is 10.1. The van der Waals surface area contributed by atoms with E-state index in [4.69, 9.17) is 9.47 Å². The molecule has 1 aliphatic heterocycles. The summed E-state index contributed by atoms with van der Waals surface area (Å²) < 4.78 is 11.1. The summed E-state index contributed by atoms with van der Waals surface area (Å²) in [5.41, 5.74) is 1.04. The SMILES string of the molecule is O=C(COc1ccc2ccccc2c1)Nc1cccc(C(=O)NCC2CCCO2)c1. The summed E-state index contributed by atoms with van der Waals surface area (Å²) in [5.74, 6) is 0.153. The highest BCUT2D eigenvalue weighted by molar-refractivity contribution is 5.97. The van der Waals surface area contributed by atoms with Gasteiger partial charge in [-0.05, 0) is 53.9 Å². The van der Waals surface area contributed by atoms with Gasteiger partial charge in [-0.15, -0.1) is 0 Å². The molecule has 1 atom stereocenters. The monoisotopic (exact) mass is 404 g/mol. The first-order chi connectivity index (χ1) is 14.7. The molecule has 1 aliphatic rings. The van der Waals surface area contributed by atoms with Crippen LogP contribution in [-0.4, -0.2) is 37.7 Å². The van der Waals surface area contributed by atoms with E-state index >= 15 is 0 Å². The number of fused-ring (bicyclic) bond motifs is 1. The molecule has 1 heterocycles. The number of nitrogens with one attached hydrogen (secondary N) is 2. The summed E-state index contributed by atoms with van der Waals surface area (Å²) in [6, 6.07) is 20.5. The number of anilines is 1. The Kier molecular flexibility index (Phi) is 6.25. The highest BCUT2D eigenvalue weighted by atomic mass is 16.5. The normalized spacial score (nSPS) is 15.7. The number of hydrogen-bond donors (Lipinski definition) is 2. The zero-order valence-electron chi connectivity index (χ0n) is 16.6. The Labute approximate surface area is 175 Å². The second kappa shape index (κ2) is 9.41. The van der Waals surface area contributed by atoms with Crippen LogP contribution < -0.4 is 15.4 Å². The zero-order valence-corrected chi connectivity index (χ0v) is 16.6. The third kappa shape index (κ3) is 5.15. The lowest BCUT2D eigenvalue weighted by molar-refractivity contribution is -0.118. The summed E-state index contributed by atoms with van der Waals surface area (Å²) in [6.45, 7) is 1.13. The largest absolute Gasteiger partial charge is 0.484 e. The topological polar surface area (TPSA) is 76.7 Å². The maximum atomic E-state index is 12.4. The van der Waals surface area contributed by atoms with Crippen LogP contribution in [0.3, 0.4) is 0 Å². The lowest BCUT2D eigenvalue weighted by atomic mass is 10.1. The van der Waals surface area contributed by atoms with Gasteiger partial charge in [-0.1, -0.05) is 36.4 Å². The summed E-state index contributed by atoms with van der Waals surface area (Å²) in [4.78, 5) is 24.6. The van der Waals surface area contributed by atoms with E-state index in [2.05, 4.69) is 10.6 Å². The van der Waals surface area contributed by atoms with E-state index in [1.54, 1.807) is 24.3 Å². The van der Waals surface area contributed by atoms with Crippen LogP contribution in [-0.2, 0) is 9.53 Å². The maximum absolute atomic E-state index is 12.4. The van der Waals surface area contributed by atoms with Gasteiger partial charge in [0.05, 0.1) is 6.10 Å². The Morgan fingerprint density at radius 1 is 1.00 bits per heavy atom. The Morgan fingerprint density at radius 2 is 1.87 bits per heavy atom. The number of rotatable bonds is 7. The van der Waals surface area contributed by atoms with Crippen molar-refractivity contribution in [3.8, 4) is 5.75 Å². The van der Waals surface area contributed by atoms with Gasteiger partial charge in [0.1, 0.15) is 5.75 Å². The van der Waals surface area contributed by atoms with E-state index in [1.165, 1.54) is 0 Å². The minimum atomic E-state index is -0.292. The number of ether oxygens (including phenoxy) is 2. The summed E-state index contributed by atoms with van der Waals surface area (Å²) >= 11 is 0. The molecule has 3 aromatic carbocycles. The third-order valence-corrected chi connectivity index (χ3v) is 5.01. The van der Waals surface area contributed by atoms with Crippen molar-refractivity contribution >= 4 is 28.3 Å². The van der Waals surface area contributed by atoms with Gasteiger partial charge in [0.15, 0.2) is 6.61 Å². The zero-order chi connectivity index (χ0) is 20.8. The van der Waals surface area contributed by atoms with Crippen molar-refractivity contribution in [2.24, 2.45) is 0 Å². The maximum Gasteiger partial charge on any atom is 0.262 e. The van der Waals surface area contributed by atoms with Crippen molar-refractivity contribution in [1.82, 2.24) is 5.32 Å². The molecular weight excluding hydrogens is 380 g/mol. The quantitative estimate of drug-likeness (QED) is 0.629. The van der Waals surface area contributed by atoms with Crippen LogP contribution in [0.4, 0.5) is 5.69 Å². The minimum absolute atomic E-state index is 0.0871. The Morgan fingerprint density at radius 3 is 2.70 bits per heavy atom. The van der Waals surface area contributed by atoms with Gasteiger partial charge in [-0.3, -0.25) is 9.59 Å². The molecule has 3 aromatic rings.